The fraction of sp³-hybridized carbons (Fsp3) is 0.586. The van der Waals surface area contributed by atoms with Crippen LogP contribution >= 0.6 is 0 Å². The molecule has 0 aromatic carbocycles. The highest BCUT2D eigenvalue weighted by molar-refractivity contribution is 6.01. The first-order valence-corrected chi connectivity index (χ1v) is 13.6. The molecule has 1 amide bonds. The zero-order chi connectivity index (χ0) is 27.2. The Kier molecular flexibility index (Phi) is 9.79. The zero-order valence-corrected chi connectivity index (χ0v) is 23.3. The van der Waals surface area contributed by atoms with E-state index in [1.54, 1.807) is 13.3 Å². The molecule has 2 saturated heterocycles. The van der Waals surface area contributed by atoms with Gasteiger partial charge < -0.3 is 24.5 Å². The van der Waals surface area contributed by atoms with E-state index in [2.05, 4.69) is 16.9 Å². The van der Waals surface area contributed by atoms with Crippen molar-refractivity contribution in [2.75, 3.05) is 7.11 Å². The lowest BCUT2D eigenvalue weighted by Gasteiger charge is -2.42. The summed E-state index contributed by atoms with van der Waals surface area (Å²) in [5.74, 6) is 0.578. The Bertz CT molecular complexity index is 1130. The highest BCUT2D eigenvalue weighted by atomic mass is 16.6. The van der Waals surface area contributed by atoms with E-state index in [4.69, 9.17) is 19.6 Å². The normalized spacial score (nSPS) is 26.1. The molecule has 2 aliphatic heterocycles. The Balaban J connectivity index is 0.000000907. The molecule has 8 nitrogen and oxygen atoms in total. The Morgan fingerprint density at radius 3 is 2.65 bits per heavy atom. The fourth-order valence-corrected chi connectivity index (χ4v) is 5.00. The molecule has 3 aliphatic rings. The van der Waals surface area contributed by atoms with Gasteiger partial charge in [-0.2, -0.15) is 0 Å². The van der Waals surface area contributed by atoms with Gasteiger partial charge in [0.2, 0.25) is 5.88 Å². The van der Waals surface area contributed by atoms with Crippen LogP contribution in [0.15, 0.2) is 36.0 Å². The number of methoxy groups -OCH3 is 1. The molecule has 1 spiro atoms. The molecule has 0 bridgehead atoms. The van der Waals surface area contributed by atoms with Crippen LogP contribution in [0.25, 0.3) is 10.9 Å². The van der Waals surface area contributed by atoms with Gasteiger partial charge in [-0.25, -0.2) is 4.98 Å². The molecule has 202 valence electrons. The maximum Gasteiger partial charge on any atom is 0.257 e. The highest BCUT2D eigenvalue weighted by Gasteiger charge is 2.63. The maximum atomic E-state index is 13.3. The first kappa shape index (κ1) is 28.7. The van der Waals surface area contributed by atoms with Gasteiger partial charge in [0, 0.05) is 24.3 Å². The molecule has 37 heavy (non-hydrogen) atoms. The predicted octanol–water partition coefficient (Wildman–Crippen LogP) is 5.83. The number of amides is 1. The molecular weight excluding hydrogens is 468 g/mol. The van der Waals surface area contributed by atoms with Crippen LogP contribution in [0.3, 0.4) is 0 Å². The standard InChI is InChI=1S/C25H30N4O4.2C2H6/c1-4-15(2)9-19(26)21-6-8-23-29(21)24(30)25(33-23)11-18(12-25)32-14-17-10-16-5-7-22(31-3)28-20(16)13-27-17;2*1-2/h5,7,9-10,13,18,21,23,26H,4,6,8,11-12,14H2,1-3H3;2*1-2H3. The summed E-state index contributed by atoms with van der Waals surface area (Å²) in [6.07, 6.45) is 6.94. The van der Waals surface area contributed by atoms with Crippen LogP contribution in [0, 0.1) is 5.41 Å². The average molecular weight is 511 g/mol. The summed E-state index contributed by atoms with van der Waals surface area (Å²) in [5, 5.41) is 9.45. The third kappa shape index (κ3) is 5.85. The number of allylic oxidation sites excluding steroid dienone is 1. The number of carbonyl (C=O) groups is 1. The summed E-state index contributed by atoms with van der Waals surface area (Å²) >= 11 is 0. The highest BCUT2D eigenvalue weighted by Crippen LogP contribution is 2.49. The molecule has 2 aromatic rings. The SMILES string of the molecule is CC.CC.CCC(C)=CC(=N)C1CCC2OC3(CC(OCc4cc5ccc(OC)nc5cn4)C3)C(=O)N21. The van der Waals surface area contributed by atoms with E-state index in [1.165, 1.54) is 0 Å². The van der Waals surface area contributed by atoms with Crippen molar-refractivity contribution in [3.63, 3.8) is 0 Å². The Hall–Kier alpha value is -2.84. The van der Waals surface area contributed by atoms with Crippen LogP contribution in [-0.2, 0) is 20.9 Å². The van der Waals surface area contributed by atoms with Gasteiger partial charge in [0.1, 0.15) is 6.23 Å². The maximum absolute atomic E-state index is 13.3. The summed E-state index contributed by atoms with van der Waals surface area (Å²) in [6.45, 7) is 12.5. The minimum absolute atomic E-state index is 0.0194. The zero-order valence-electron chi connectivity index (χ0n) is 23.3. The van der Waals surface area contributed by atoms with Gasteiger partial charge in [-0.15, -0.1) is 0 Å². The molecule has 0 radical (unpaired) electrons. The smallest absolute Gasteiger partial charge is 0.257 e. The number of hydrogen-bond donors (Lipinski definition) is 1. The van der Waals surface area contributed by atoms with Crippen molar-refractivity contribution in [2.24, 2.45) is 0 Å². The molecule has 1 saturated carbocycles. The van der Waals surface area contributed by atoms with E-state index in [0.717, 1.165) is 41.4 Å². The first-order valence-electron chi connectivity index (χ1n) is 13.6. The van der Waals surface area contributed by atoms with Crippen LogP contribution < -0.4 is 4.74 Å². The summed E-state index contributed by atoms with van der Waals surface area (Å²) in [7, 11) is 1.59. The lowest BCUT2D eigenvalue weighted by atomic mass is 9.76. The van der Waals surface area contributed by atoms with Crippen molar-refractivity contribution in [3.8, 4) is 5.88 Å². The number of pyridine rings is 2. The largest absolute Gasteiger partial charge is 0.481 e. The first-order chi connectivity index (χ1) is 17.9. The second-order valence-electron chi connectivity index (χ2n) is 9.24. The van der Waals surface area contributed by atoms with Crippen LogP contribution in [0.2, 0.25) is 0 Å². The lowest BCUT2D eigenvalue weighted by molar-refractivity contribution is -0.177. The van der Waals surface area contributed by atoms with Gasteiger partial charge in [0.25, 0.3) is 5.91 Å². The molecule has 2 atom stereocenters. The summed E-state index contributed by atoms with van der Waals surface area (Å²) in [4.78, 5) is 23.9. The summed E-state index contributed by atoms with van der Waals surface area (Å²) in [5.41, 5.74) is 2.47. The second kappa shape index (κ2) is 12.6. The van der Waals surface area contributed by atoms with Crippen molar-refractivity contribution in [3.05, 3.63) is 41.7 Å². The van der Waals surface area contributed by atoms with Crippen molar-refractivity contribution in [1.29, 1.82) is 5.41 Å². The Labute approximate surface area is 220 Å². The average Bonchev–Trinajstić information content (AvgIpc) is 3.46. The van der Waals surface area contributed by atoms with Crippen LogP contribution in [0.5, 0.6) is 5.88 Å². The topological polar surface area (TPSA) is 97.6 Å². The van der Waals surface area contributed by atoms with Crippen LogP contribution in [0.4, 0.5) is 0 Å². The number of ether oxygens (including phenoxy) is 3. The molecule has 5 rings (SSSR count). The fourth-order valence-electron chi connectivity index (χ4n) is 5.00. The van der Waals surface area contributed by atoms with E-state index in [-0.39, 0.29) is 24.3 Å². The van der Waals surface area contributed by atoms with Gasteiger partial charge in [0.05, 0.1) is 49.0 Å². The van der Waals surface area contributed by atoms with Crippen molar-refractivity contribution in [2.45, 2.75) is 104 Å². The van der Waals surface area contributed by atoms with Crippen LogP contribution in [0.1, 0.15) is 79.3 Å². The third-order valence-corrected chi connectivity index (χ3v) is 7.04. The van der Waals surface area contributed by atoms with Crippen molar-refractivity contribution < 1.29 is 19.0 Å². The quantitative estimate of drug-likeness (QED) is 0.471. The van der Waals surface area contributed by atoms with Crippen LogP contribution in [-0.4, -0.2) is 57.6 Å². The number of rotatable bonds is 7. The summed E-state index contributed by atoms with van der Waals surface area (Å²) < 4.78 is 17.4. The number of nitrogens with zero attached hydrogens (tertiary/aromatic N) is 3. The van der Waals surface area contributed by atoms with Crippen molar-refractivity contribution >= 4 is 22.5 Å². The van der Waals surface area contributed by atoms with E-state index >= 15 is 0 Å². The van der Waals surface area contributed by atoms with Gasteiger partial charge >= 0.3 is 0 Å². The Morgan fingerprint density at radius 1 is 1.24 bits per heavy atom. The number of hydrogen-bond acceptors (Lipinski definition) is 7. The van der Waals surface area contributed by atoms with E-state index < -0.39 is 5.60 Å². The van der Waals surface area contributed by atoms with Gasteiger partial charge in [-0.3, -0.25) is 9.78 Å². The lowest BCUT2D eigenvalue weighted by Crippen LogP contribution is -2.56. The minimum Gasteiger partial charge on any atom is -0.481 e. The molecule has 1 aliphatic carbocycles. The third-order valence-electron chi connectivity index (χ3n) is 7.04. The number of carbonyl (C=O) groups excluding carboxylic acids is 1. The Morgan fingerprint density at radius 2 is 1.97 bits per heavy atom. The summed E-state index contributed by atoms with van der Waals surface area (Å²) in [6, 6.07) is 5.56. The molecule has 8 heteroatoms. The minimum atomic E-state index is -0.783. The molecule has 2 unspecified atom stereocenters. The molecule has 4 heterocycles. The van der Waals surface area contributed by atoms with E-state index in [9.17, 15) is 4.79 Å². The van der Waals surface area contributed by atoms with Crippen molar-refractivity contribution in [1.82, 2.24) is 14.9 Å². The van der Waals surface area contributed by atoms with Gasteiger partial charge in [-0.1, -0.05) is 40.2 Å². The molecular formula is C29H42N4O4. The molecule has 3 fully saturated rings. The van der Waals surface area contributed by atoms with Gasteiger partial charge in [0.15, 0.2) is 5.60 Å². The predicted molar refractivity (Wildman–Crippen MR) is 146 cm³/mol. The second-order valence-corrected chi connectivity index (χ2v) is 9.24. The number of fused-ring (bicyclic) bond motifs is 2. The van der Waals surface area contributed by atoms with Gasteiger partial charge in [-0.05, 0) is 44.4 Å². The monoisotopic (exact) mass is 510 g/mol. The van der Waals surface area contributed by atoms with E-state index in [0.29, 0.717) is 31.0 Å². The molecule has 2 aromatic heterocycles. The number of aromatic nitrogens is 2. The molecule has 1 N–H and O–H groups in total. The van der Waals surface area contributed by atoms with E-state index in [1.807, 2.05) is 63.8 Å². The number of nitrogens with one attached hydrogen (secondary N) is 1.